The van der Waals surface area contributed by atoms with Gasteiger partial charge in [0.05, 0.1) is 43.0 Å². The first-order chi connectivity index (χ1) is 17.3. The summed E-state index contributed by atoms with van der Waals surface area (Å²) in [7, 11) is 1.46. The molecule has 0 spiro atoms. The van der Waals surface area contributed by atoms with Crippen LogP contribution in [0, 0.1) is 11.7 Å². The van der Waals surface area contributed by atoms with Crippen LogP contribution in [-0.4, -0.2) is 61.3 Å². The van der Waals surface area contributed by atoms with Gasteiger partial charge >= 0.3 is 6.09 Å². The molecule has 4 rings (SSSR count). The van der Waals surface area contributed by atoms with E-state index >= 15 is 4.39 Å². The number of rotatable bonds is 10. The number of hydrogen-bond acceptors (Lipinski definition) is 9. The molecule has 2 atom stereocenters. The highest BCUT2D eigenvalue weighted by molar-refractivity contribution is 5.98. The second-order valence-corrected chi connectivity index (χ2v) is 8.40. The minimum absolute atomic E-state index is 0.00545. The number of nitrogens with one attached hydrogen (secondary N) is 3. The number of amides is 2. The maximum atomic E-state index is 15.0. The van der Waals surface area contributed by atoms with Gasteiger partial charge in [-0.2, -0.15) is 0 Å². The third kappa shape index (κ3) is 5.26. The van der Waals surface area contributed by atoms with Crippen molar-refractivity contribution < 1.29 is 23.8 Å². The summed E-state index contributed by atoms with van der Waals surface area (Å²) in [6, 6.07) is 1.70. The summed E-state index contributed by atoms with van der Waals surface area (Å²) < 4.78 is 21.7. The molecule has 0 aliphatic heterocycles. The molecule has 0 unspecified atom stereocenters. The van der Waals surface area contributed by atoms with Crippen molar-refractivity contribution in [2.24, 2.45) is 11.7 Å². The maximum absolute atomic E-state index is 15.0. The maximum Gasteiger partial charge on any atom is 0.404 e. The highest BCUT2D eigenvalue weighted by atomic mass is 19.1. The zero-order valence-corrected chi connectivity index (χ0v) is 19.6. The van der Waals surface area contributed by atoms with Crippen LogP contribution in [0.15, 0.2) is 30.7 Å². The monoisotopic (exact) mass is 499 g/mol. The van der Waals surface area contributed by atoms with Crippen LogP contribution in [0.1, 0.15) is 36.5 Å². The number of hydrogen-bond donors (Lipinski definition) is 5. The van der Waals surface area contributed by atoms with E-state index in [2.05, 4.69) is 36.2 Å². The molecule has 3 aromatic rings. The van der Waals surface area contributed by atoms with Crippen LogP contribution in [0.25, 0.3) is 5.69 Å². The molecule has 2 amide bonds. The molecule has 0 saturated heterocycles. The SMILES string of the molecule is COc1ncc(Nc2nc(N[C@H](C3CCC3)[C@H](C)NC(=O)O)c(F)cc2C(N)=O)cc1-n1ccnn1. The molecule has 1 aliphatic carbocycles. The van der Waals surface area contributed by atoms with Crippen molar-refractivity contribution in [2.75, 3.05) is 17.7 Å². The Labute approximate surface area is 205 Å². The van der Waals surface area contributed by atoms with Crippen LogP contribution >= 0.6 is 0 Å². The lowest BCUT2D eigenvalue weighted by atomic mass is 9.77. The van der Waals surface area contributed by atoms with Gasteiger partial charge in [-0.15, -0.1) is 5.10 Å². The van der Waals surface area contributed by atoms with Gasteiger partial charge in [-0.05, 0) is 37.8 Å². The van der Waals surface area contributed by atoms with Crippen molar-refractivity contribution in [3.63, 3.8) is 0 Å². The quantitative estimate of drug-likeness (QED) is 0.277. The standard InChI is InChI=1S/C22H26FN9O4/c1-11(27-22(34)35)17(12-4-3-5-12)29-20-15(23)9-14(18(24)33)19(30-20)28-13-8-16(21(36-2)25-10-13)32-7-6-26-31-32/h6-12,17,27H,3-5H2,1-2H3,(H2,24,33)(H,34,35)(H2,28,29,30)/t11-,17-/m0/s1. The average Bonchev–Trinajstić information content (AvgIpc) is 3.33. The van der Waals surface area contributed by atoms with E-state index in [1.54, 1.807) is 19.2 Å². The number of anilines is 3. The molecular weight excluding hydrogens is 473 g/mol. The van der Waals surface area contributed by atoms with E-state index in [0.29, 0.717) is 11.4 Å². The Balaban J connectivity index is 1.68. The Morgan fingerprint density at radius 1 is 1.31 bits per heavy atom. The predicted molar refractivity (Wildman–Crippen MR) is 127 cm³/mol. The lowest BCUT2D eigenvalue weighted by Gasteiger charge is -2.38. The van der Waals surface area contributed by atoms with Crippen molar-refractivity contribution in [1.29, 1.82) is 0 Å². The molecule has 3 aromatic heterocycles. The molecule has 190 valence electrons. The van der Waals surface area contributed by atoms with Gasteiger partial charge in [-0.25, -0.2) is 23.8 Å². The van der Waals surface area contributed by atoms with E-state index < -0.39 is 29.9 Å². The largest absolute Gasteiger partial charge is 0.479 e. The van der Waals surface area contributed by atoms with Crippen LogP contribution in [-0.2, 0) is 0 Å². The molecule has 0 aromatic carbocycles. The molecule has 1 fully saturated rings. The number of primary amides is 1. The molecule has 1 saturated carbocycles. The summed E-state index contributed by atoms with van der Waals surface area (Å²) in [5.41, 5.74) is 6.16. The third-order valence-electron chi connectivity index (χ3n) is 6.05. The number of methoxy groups -OCH3 is 1. The van der Waals surface area contributed by atoms with E-state index in [4.69, 9.17) is 15.6 Å². The minimum atomic E-state index is -1.18. The predicted octanol–water partition coefficient (Wildman–Crippen LogP) is 2.28. The Hall–Kier alpha value is -4.49. The number of nitrogens with zero attached hydrogens (tertiary/aromatic N) is 5. The van der Waals surface area contributed by atoms with Gasteiger partial charge in [0.1, 0.15) is 11.5 Å². The number of carboxylic acid groups (broad SMARTS) is 1. The van der Waals surface area contributed by atoms with Gasteiger partial charge in [-0.3, -0.25) is 4.79 Å². The molecule has 0 bridgehead atoms. The Bertz CT molecular complexity index is 1250. The van der Waals surface area contributed by atoms with Crippen molar-refractivity contribution in [3.8, 4) is 11.6 Å². The van der Waals surface area contributed by atoms with E-state index in [9.17, 15) is 9.59 Å². The number of carbonyl (C=O) groups is 2. The van der Waals surface area contributed by atoms with Crippen molar-refractivity contribution in [3.05, 3.63) is 42.1 Å². The van der Waals surface area contributed by atoms with E-state index in [-0.39, 0.29) is 29.0 Å². The van der Waals surface area contributed by atoms with Crippen LogP contribution in [0.2, 0.25) is 0 Å². The molecule has 13 nitrogen and oxygen atoms in total. The summed E-state index contributed by atoms with van der Waals surface area (Å²) in [4.78, 5) is 31.8. The number of aromatic nitrogens is 5. The zero-order valence-electron chi connectivity index (χ0n) is 19.6. The van der Waals surface area contributed by atoms with E-state index in [1.165, 1.54) is 24.2 Å². The molecule has 14 heteroatoms. The Morgan fingerprint density at radius 2 is 2.08 bits per heavy atom. The highest BCUT2D eigenvalue weighted by Crippen LogP contribution is 2.34. The molecule has 3 heterocycles. The first-order valence-electron chi connectivity index (χ1n) is 11.2. The second kappa shape index (κ2) is 10.4. The van der Waals surface area contributed by atoms with Gasteiger partial charge in [0.25, 0.3) is 5.91 Å². The summed E-state index contributed by atoms with van der Waals surface area (Å²) in [5.74, 6) is -1.41. The summed E-state index contributed by atoms with van der Waals surface area (Å²) in [5, 5.41) is 25.3. The van der Waals surface area contributed by atoms with Gasteiger partial charge in [0.15, 0.2) is 11.6 Å². The minimum Gasteiger partial charge on any atom is -0.479 e. The summed E-state index contributed by atoms with van der Waals surface area (Å²) >= 11 is 0. The molecule has 6 N–H and O–H groups in total. The van der Waals surface area contributed by atoms with Gasteiger partial charge in [0.2, 0.25) is 5.88 Å². The first kappa shape index (κ1) is 24.6. The summed E-state index contributed by atoms with van der Waals surface area (Å²) in [6.07, 6.45) is 6.11. The van der Waals surface area contributed by atoms with Gasteiger partial charge in [-0.1, -0.05) is 11.6 Å². The average molecular weight is 500 g/mol. The third-order valence-corrected chi connectivity index (χ3v) is 6.05. The fraction of sp³-hybridized carbons (Fsp3) is 0.364. The van der Waals surface area contributed by atoms with Crippen molar-refractivity contribution in [1.82, 2.24) is 30.3 Å². The molecular formula is C22H26FN9O4. The number of carbonyl (C=O) groups excluding carboxylic acids is 1. The number of halogens is 1. The smallest absolute Gasteiger partial charge is 0.404 e. The Kier molecular flexibility index (Phi) is 7.12. The molecule has 36 heavy (non-hydrogen) atoms. The van der Waals surface area contributed by atoms with E-state index in [1.807, 2.05) is 0 Å². The second-order valence-electron chi connectivity index (χ2n) is 8.40. The van der Waals surface area contributed by atoms with Crippen LogP contribution < -0.4 is 26.4 Å². The Morgan fingerprint density at radius 3 is 2.67 bits per heavy atom. The number of ether oxygens (including phenoxy) is 1. The normalized spacial score (nSPS) is 14.9. The van der Waals surface area contributed by atoms with Crippen LogP contribution in [0.4, 0.5) is 26.5 Å². The first-order valence-corrected chi connectivity index (χ1v) is 11.2. The van der Waals surface area contributed by atoms with E-state index in [0.717, 1.165) is 25.3 Å². The van der Waals surface area contributed by atoms with Crippen LogP contribution in [0.5, 0.6) is 5.88 Å². The molecule has 1 aliphatic rings. The van der Waals surface area contributed by atoms with Crippen LogP contribution in [0.3, 0.4) is 0 Å². The lowest BCUT2D eigenvalue weighted by Crippen LogP contribution is -2.50. The molecule has 0 radical (unpaired) electrons. The zero-order chi connectivity index (χ0) is 25.8. The van der Waals surface area contributed by atoms with Gasteiger partial charge in [0, 0.05) is 6.04 Å². The number of nitrogens with two attached hydrogens (primary N) is 1. The summed E-state index contributed by atoms with van der Waals surface area (Å²) in [6.45, 7) is 1.70. The van der Waals surface area contributed by atoms with Crippen molar-refractivity contribution in [2.45, 2.75) is 38.3 Å². The fourth-order valence-electron chi connectivity index (χ4n) is 4.07. The van der Waals surface area contributed by atoms with Crippen molar-refractivity contribution >= 4 is 29.3 Å². The fourth-order valence-corrected chi connectivity index (χ4v) is 4.07. The number of pyridine rings is 2. The van der Waals surface area contributed by atoms with Gasteiger partial charge < -0.3 is 31.5 Å². The topological polar surface area (TPSA) is 182 Å². The highest BCUT2D eigenvalue weighted by Gasteiger charge is 2.33. The lowest BCUT2D eigenvalue weighted by molar-refractivity contribution is 0.1000.